The van der Waals surface area contributed by atoms with Crippen LogP contribution in [0, 0.1) is 13.8 Å². The SMILES string of the molecule is Cc1ccc(C2(c3ccc(C)cc3)c3cc(Br)cc4c3-c3c(cc(Br)cc32)CC4)cc1. The molecule has 2 aliphatic rings. The first kappa shape index (κ1) is 19.5. The molecule has 0 fully saturated rings. The Morgan fingerprint density at radius 1 is 0.581 bits per heavy atom. The van der Waals surface area contributed by atoms with Crippen LogP contribution in [0.15, 0.2) is 81.7 Å². The van der Waals surface area contributed by atoms with Crippen LogP contribution >= 0.6 is 31.9 Å². The second-order valence-electron chi connectivity index (χ2n) is 8.96. The van der Waals surface area contributed by atoms with E-state index < -0.39 is 0 Å². The molecule has 0 radical (unpaired) electrons. The summed E-state index contributed by atoms with van der Waals surface area (Å²) in [6.07, 6.45) is 2.17. The molecule has 4 aromatic rings. The first-order valence-electron chi connectivity index (χ1n) is 10.8. The number of rotatable bonds is 2. The lowest BCUT2D eigenvalue weighted by Gasteiger charge is -2.34. The Kier molecular flexibility index (Phi) is 4.36. The fourth-order valence-corrected chi connectivity index (χ4v) is 6.72. The topological polar surface area (TPSA) is 0 Å². The van der Waals surface area contributed by atoms with E-state index in [0.29, 0.717) is 0 Å². The third-order valence-corrected chi connectivity index (χ3v) is 7.98. The molecular weight excluding hydrogens is 508 g/mol. The van der Waals surface area contributed by atoms with Gasteiger partial charge in [0.15, 0.2) is 0 Å². The molecule has 152 valence electrons. The molecule has 4 aromatic carbocycles. The van der Waals surface area contributed by atoms with Crippen LogP contribution in [0.25, 0.3) is 11.1 Å². The first-order valence-corrected chi connectivity index (χ1v) is 12.4. The average Bonchev–Trinajstić information content (AvgIpc) is 3.04. The monoisotopic (exact) mass is 528 g/mol. The van der Waals surface area contributed by atoms with Crippen molar-refractivity contribution in [1.29, 1.82) is 0 Å². The normalized spacial score (nSPS) is 15.1. The summed E-state index contributed by atoms with van der Waals surface area (Å²) in [4.78, 5) is 0. The lowest BCUT2D eigenvalue weighted by Crippen LogP contribution is -2.28. The average molecular weight is 530 g/mol. The van der Waals surface area contributed by atoms with Crippen molar-refractivity contribution in [2.75, 3.05) is 0 Å². The van der Waals surface area contributed by atoms with Crippen molar-refractivity contribution in [3.05, 3.63) is 126 Å². The highest BCUT2D eigenvalue weighted by Crippen LogP contribution is 2.60. The van der Waals surface area contributed by atoms with Gasteiger partial charge in [0.1, 0.15) is 0 Å². The van der Waals surface area contributed by atoms with E-state index in [2.05, 4.69) is 119 Å². The van der Waals surface area contributed by atoms with Crippen LogP contribution in [0.3, 0.4) is 0 Å². The molecule has 0 amide bonds. The molecule has 0 nitrogen and oxygen atoms in total. The number of benzene rings is 4. The molecule has 0 saturated heterocycles. The molecule has 0 atom stereocenters. The molecule has 0 spiro atoms. The minimum atomic E-state index is -0.326. The van der Waals surface area contributed by atoms with Crippen LogP contribution in [0.1, 0.15) is 44.5 Å². The Bertz CT molecular complexity index is 1240. The van der Waals surface area contributed by atoms with E-state index in [4.69, 9.17) is 0 Å². The van der Waals surface area contributed by atoms with Crippen molar-refractivity contribution in [2.24, 2.45) is 0 Å². The molecular formula is C29H22Br2. The van der Waals surface area contributed by atoms with Crippen molar-refractivity contribution in [1.82, 2.24) is 0 Å². The highest BCUT2D eigenvalue weighted by atomic mass is 79.9. The van der Waals surface area contributed by atoms with Gasteiger partial charge in [-0.25, -0.2) is 0 Å². The number of halogens is 2. The Balaban J connectivity index is 1.84. The fraction of sp³-hybridized carbons (Fsp3) is 0.172. The molecule has 0 N–H and O–H groups in total. The third kappa shape index (κ3) is 2.71. The number of hydrogen-bond acceptors (Lipinski definition) is 0. The minimum absolute atomic E-state index is 0.326. The van der Waals surface area contributed by atoms with E-state index in [1.807, 2.05) is 0 Å². The van der Waals surface area contributed by atoms with E-state index >= 15 is 0 Å². The number of hydrogen-bond donors (Lipinski definition) is 0. The second-order valence-corrected chi connectivity index (χ2v) is 10.8. The van der Waals surface area contributed by atoms with Gasteiger partial charge in [-0.15, -0.1) is 0 Å². The van der Waals surface area contributed by atoms with Crippen LogP contribution in [-0.2, 0) is 18.3 Å². The summed E-state index contributed by atoms with van der Waals surface area (Å²) in [5, 5.41) is 0. The highest BCUT2D eigenvalue weighted by Gasteiger charge is 2.48. The first-order chi connectivity index (χ1) is 15.0. The van der Waals surface area contributed by atoms with Gasteiger partial charge >= 0.3 is 0 Å². The molecule has 31 heavy (non-hydrogen) atoms. The summed E-state index contributed by atoms with van der Waals surface area (Å²) < 4.78 is 2.33. The van der Waals surface area contributed by atoms with Gasteiger partial charge in [0.25, 0.3) is 0 Å². The molecule has 0 aromatic heterocycles. The van der Waals surface area contributed by atoms with E-state index in [9.17, 15) is 0 Å². The van der Waals surface area contributed by atoms with Crippen molar-refractivity contribution in [3.8, 4) is 11.1 Å². The van der Waals surface area contributed by atoms with Gasteiger partial charge < -0.3 is 0 Å². The van der Waals surface area contributed by atoms with Gasteiger partial charge in [0.2, 0.25) is 0 Å². The largest absolute Gasteiger partial charge is 0.0714 e. The van der Waals surface area contributed by atoms with Gasteiger partial charge in [-0.3, -0.25) is 0 Å². The Labute approximate surface area is 200 Å². The zero-order valence-corrected chi connectivity index (χ0v) is 20.8. The summed E-state index contributed by atoms with van der Waals surface area (Å²) in [7, 11) is 0. The fourth-order valence-electron chi connectivity index (χ4n) is 5.71. The third-order valence-electron chi connectivity index (χ3n) is 7.06. The quantitative estimate of drug-likeness (QED) is 0.216. The summed E-state index contributed by atoms with van der Waals surface area (Å²) in [5.41, 5.74) is 13.5. The molecule has 0 unspecified atom stereocenters. The maximum Gasteiger partial charge on any atom is 0.0714 e. The molecule has 6 rings (SSSR count). The molecule has 2 heteroatoms. The predicted molar refractivity (Wildman–Crippen MR) is 136 cm³/mol. The van der Waals surface area contributed by atoms with Crippen molar-refractivity contribution < 1.29 is 0 Å². The lowest BCUT2D eigenvalue weighted by atomic mass is 9.67. The zero-order chi connectivity index (χ0) is 21.3. The molecule has 0 aliphatic heterocycles. The summed E-state index contributed by atoms with van der Waals surface area (Å²) >= 11 is 7.69. The van der Waals surface area contributed by atoms with E-state index in [0.717, 1.165) is 12.8 Å². The Morgan fingerprint density at radius 3 is 1.35 bits per heavy atom. The van der Waals surface area contributed by atoms with Crippen LogP contribution in [0.2, 0.25) is 0 Å². The predicted octanol–water partition coefficient (Wildman–Crippen LogP) is 8.29. The highest BCUT2D eigenvalue weighted by molar-refractivity contribution is 9.10. The van der Waals surface area contributed by atoms with Gasteiger partial charge in [0.05, 0.1) is 5.41 Å². The smallest absolute Gasteiger partial charge is 0.0590 e. The van der Waals surface area contributed by atoms with Gasteiger partial charge in [-0.1, -0.05) is 91.5 Å². The van der Waals surface area contributed by atoms with Gasteiger partial charge in [-0.2, -0.15) is 0 Å². The minimum Gasteiger partial charge on any atom is -0.0590 e. The van der Waals surface area contributed by atoms with E-state index in [-0.39, 0.29) is 5.41 Å². The maximum atomic E-state index is 3.85. The number of aryl methyl sites for hydroxylation is 4. The van der Waals surface area contributed by atoms with Gasteiger partial charge in [0, 0.05) is 8.95 Å². The molecule has 2 aliphatic carbocycles. The lowest BCUT2D eigenvalue weighted by molar-refractivity contribution is 0.766. The zero-order valence-electron chi connectivity index (χ0n) is 17.6. The molecule has 0 saturated carbocycles. The van der Waals surface area contributed by atoms with Crippen LogP contribution in [0.5, 0.6) is 0 Å². The van der Waals surface area contributed by atoms with Crippen LogP contribution < -0.4 is 0 Å². The van der Waals surface area contributed by atoms with Crippen molar-refractivity contribution in [2.45, 2.75) is 32.1 Å². The summed E-state index contributed by atoms with van der Waals surface area (Å²) in [6.45, 7) is 4.33. The Hall–Kier alpha value is -2.16. The standard InChI is InChI=1S/C29H22Br2/c1-17-3-9-21(10-4-17)29(22-11-5-18(2)6-12-22)25-15-23(30)13-19-7-8-20-14-24(31)16-26(29)28(20)27(19)25/h3-6,9-16H,7-8H2,1-2H3. The van der Waals surface area contributed by atoms with Crippen molar-refractivity contribution in [3.63, 3.8) is 0 Å². The van der Waals surface area contributed by atoms with Gasteiger partial charge in [-0.05, 0) is 95.5 Å². The second kappa shape index (κ2) is 6.92. The summed E-state index contributed by atoms with van der Waals surface area (Å²) in [6, 6.07) is 27.7. The molecule has 0 heterocycles. The van der Waals surface area contributed by atoms with Crippen LogP contribution in [-0.4, -0.2) is 0 Å². The Morgan fingerprint density at radius 2 is 0.968 bits per heavy atom. The van der Waals surface area contributed by atoms with E-state index in [1.165, 1.54) is 64.6 Å². The van der Waals surface area contributed by atoms with Crippen LogP contribution in [0.4, 0.5) is 0 Å². The maximum absolute atomic E-state index is 3.85. The molecule has 0 bridgehead atoms. The summed E-state index contributed by atoms with van der Waals surface area (Å²) in [5.74, 6) is 0. The van der Waals surface area contributed by atoms with Crippen molar-refractivity contribution >= 4 is 31.9 Å². The van der Waals surface area contributed by atoms with E-state index in [1.54, 1.807) is 0 Å².